The summed E-state index contributed by atoms with van der Waals surface area (Å²) in [6.45, 7) is 2.36. The molecule has 0 spiro atoms. The minimum absolute atomic E-state index is 0.216. The third-order valence-corrected chi connectivity index (χ3v) is 7.77. The number of rotatable bonds is 4. The molecule has 1 aliphatic carbocycles. The van der Waals surface area contributed by atoms with Crippen LogP contribution in [0.1, 0.15) is 61.7 Å². The summed E-state index contributed by atoms with van der Waals surface area (Å²) >= 11 is 6.44. The Labute approximate surface area is 199 Å². The fraction of sp³-hybridized carbons (Fsp3) is 0.500. The van der Waals surface area contributed by atoms with Crippen LogP contribution in [0.15, 0.2) is 42.6 Å². The van der Waals surface area contributed by atoms with Gasteiger partial charge in [-0.3, -0.25) is 9.47 Å². The van der Waals surface area contributed by atoms with Gasteiger partial charge in [-0.2, -0.15) is 0 Å². The predicted molar refractivity (Wildman–Crippen MR) is 128 cm³/mol. The normalized spacial score (nSPS) is 25.3. The van der Waals surface area contributed by atoms with Crippen molar-refractivity contribution in [2.45, 2.75) is 69.4 Å². The molecule has 3 aromatic rings. The summed E-state index contributed by atoms with van der Waals surface area (Å²) in [5.74, 6) is 3.31. The van der Waals surface area contributed by atoms with Gasteiger partial charge in [-0.1, -0.05) is 17.7 Å². The van der Waals surface area contributed by atoms with Crippen LogP contribution in [-0.4, -0.2) is 49.9 Å². The summed E-state index contributed by atoms with van der Waals surface area (Å²) in [6, 6.07) is 12.6. The van der Waals surface area contributed by atoms with E-state index < -0.39 is 0 Å². The Balaban J connectivity index is 1.26. The van der Waals surface area contributed by atoms with Crippen molar-refractivity contribution in [3.63, 3.8) is 0 Å². The maximum Gasteiger partial charge on any atom is 0.213 e. The van der Waals surface area contributed by atoms with Crippen LogP contribution in [0.4, 0.5) is 0 Å². The van der Waals surface area contributed by atoms with Gasteiger partial charge in [-0.15, -0.1) is 10.2 Å². The average molecular weight is 464 g/mol. The van der Waals surface area contributed by atoms with Gasteiger partial charge in [0.2, 0.25) is 5.88 Å². The minimum atomic E-state index is 0.216. The van der Waals surface area contributed by atoms with E-state index in [-0.39, 0.29) is 6.10 Å². The number of aromatic nitrogens is 4. The van der Waals surface area contributed by atoms with Gasteiger partial charge in [0.05, 0.1) is 5.69 Å². The number of pyridine rings is 1. The SMILES string of the molecule is Clc1ccc2c(c1)C[C@@H](N1CCCC1)Cc1nnc(C3CCC(Oc4ccccn4)CC3)n1-2. The zero-order valence-corrected chi connectivity index (χ0v) is 19.6. The molecule has 4 heterocycles. The molecule has 2 aliphatic heterocycles. The molecule has 7 heteroatoms. The molecule has 0 N–H and O–H groups in total. The lowest BCUT2D eigenvalue weighted by molar-refractivity contribution is 0.139. The van der Waals surface area contributed by atoms with Gasteiger partial charge in [0.15, 0.2) is 0 Å². The van der Waals surface area contributed by atoms with Crippen LogP contribution >= 0.6 is 11.6 Å². The first-order valence-electron chi connectivity index (χ1n) is 12.3. The van der Waals surface area contributed by atoms with Crippen LogP contribution in [0, 0.1) is 0 Å². The Morgan fingerprint density at radius 1 is 0.939 bits per heavy atom. The van der Waals surface area contributed by atoms with E-state index in [1.165, 1.54) is 37.2 Å². The van der Waals surface area contributed by atoms with E-state index in [0.717, 1.165) is 61.1 Å². The third kappa shape index (κ3) is 4.26. The average Bonchev–Trinajstić information content (AvgIpc) is 3.48. The van der Waals surface area contributed by atoms with Gasteiger partial charge in [0.1, 0.15) is 17.8 Å². The van der Waals surface area contributed by atoms with Gasteiger partial charge in [0, 0.05) is 35.7 Å². The van der Waals surface area contributed by atoms with Crippen molar-refractivity contribution in [3.05, 3.63) is 64.8 Å². The summed E-state index contributed by atoms with van der Waals surface area (Å²) in [5, 5.41) is 10.3. The van der Waals surface area contributed by atoms with Gasteiger partial charge in [-0.25, -0.2) is 4.98 Å². The van der Waals surface area contributed by atoms with E-state index in [2.05, 4.69) is 26.6 Å². The van der Waals surface area contributed by atoms with Crippen LogP contribution in [0.2, 0.25) is 5.02 Å². The monoisotopic (exact) mass is 463 g/mol. The first-order chi connectivity index (χ1) is 16.2. The third-order valence-electron chi connectivity index (χ3n) is 7.53. The quantitative estimate of drug-likeness (QED) is 0.546. The molecule has 3 aliphatic rings. The smallest absolute Gasteiger partial charge is 0.213 e. The lowest BCUT2D eigenvalue weighted by Gasteiger charge is -2.28. The Bertz CT molecular complexity index is 1100. The maximum atomic E-state index is 6.44. The standard InChI is InChI=1S/C26H30ClN5O/c27-20-8-11-23-19(15-20)16-21(31-13-3-4-14-31)17-24-29-30-26(32(23)24)18-6-9-22(10-7-18)33-25-5-1-2-12-28-25/h1-2,5,8,11-12,15,18,21-22H,3-4,6-7,9-10,13-14,16-17H2/t18?,21-,22?/m1/s1. The molecule has 1 saturated heterocycles. The van der Waals surface area contributed by atoms with Crippen LogP contribution in [0.5, 0.6) is 5.88 Å². The topological polar surface area (TPSA) is 56.1 Å². The largest absolute Gasteiger partial charge is 0.474 e. The maximum absolute atomic E-state index is 6.44. The summed E-state index contributed by atoms with van der Waals surface area (Å²) in [6.07, 6.45) is 10.7. The number of hydrogen-bond donors (Lipinski definition) is 0. The summed E-state index contributed by atoms with van der Waals surface area (Å²) in [7, 11) is 0. The number of benzene rings is 1. The second kappa shape index (κ2) is 9.07. The molecule has 6 nitrogen and oxygen atoms in total. The zero-order chi connectivity index (χ0) is 22.2. The van der Waals surface area contributed by atoms with E-state index in [4.69, 9.17) is 26.5 Å². The Kier molecular flexibility index (Phi) is 5.80. The van der Waals surface area contributed by atoms with Gasteiger partial charge in [0.25, 0.3) is 0 Å². The fourth-order valence-corrected chi connectivity index (χ4v) is 6.05. The second-order valence-electron chi connectivity index (χ2n) is 9.65. The summed E-state index contributed by atoms with van der Waals surface area (Å²) in [5.41, 5.74) is 2.52. The Morgan fingerprint density at radius 3 is 2.58 bits per heavy atom. The van der Waals surface area contributed by atoms with Crippen LogP contribution in [-0.2, 0) is 12.8 Å². The summed E-state index contributed by atoms with van der Waals surface area (Å²) in [4.78, 5) is 6.95. The van der Waals surface area contributed by atoms with Crippen molar-refractivity contribution in [1.29, 1.82) is 0 Å². The zero-order valence-electron chi connectivity index (χ0n) is 18.9. The van der Waals surface area contributed by atoms with E-state index >= 15 is 0 Å². The van der Waals surface area contributed by atoms with Crippen molar-refractivity contribution < 1.29 is 4.74 Å². The first kappa shape index (κ1) is 21.1. The van der Waals surface area contributed by atoms with Crippen LogP contribution in [0.25, 0.3) is 5.69 Å². The van der Waals surface area contributed by atoms with Gasteiger partial charge >= 0.3 is 0 Å². The van der Waals surface area contributed by atoms with E-state index in [1.54, 1.807) is 6.20 Å². The molecule has 1 saturated carbocycles. The molecule has 0 unspecified atom stereocenters. The molecule has 0 radical (unpaired) electrons. The lowest BCUT2D eigenvalue weighted by atomic mass is 9.86. The molecular formula is C26H30ClN5O. The van der Waals surface area contributed by atoms with Crippen molar-refractivity contribution in [1.82, 2.24) is 24.6 Å². The number of fused-ring (bicyclic) bond motifs is 3. The van der Waals surface area contributed by atoms with Crippen molar-refractivity contribution in [2.75, 3.05) is 13.1 Å². The number of likely N-dealkylation sites (tertiary alicyclic amines) is 1. The van der Waals surface area contributed by atoms with Crippen molar-refractivity contribution >= 4 is 11.6 Å². The number of halogens is 1. The molecule has 1 aromatic carbocycles. The molecule has 0 bridgehead atoms. The number of ether oxygens (including phenoxy) is 1. The molecule has 172 valence electrons. The molecule has 6 rings (SSSR count). The molecule has 33 heavy (non-hydrogen) atoms. The van der Waals surface area contributed by atoms with Gasteiger partial charge in [-0.05, 0) is 87.9 Å². The second-order valence-corrected chi connectivity index (χ2v) is 10.1. The fourth-order valence-electron chi connectivity index (χ4n) is 5.85. The van der Waals surface area contributed by atoms with Crippen LogP contribution in [0.3, 0.4) is 0 Å². The number of hydrogen-bond acceptors (Lipinski definition) is 5. The molecular weight excluding hydrogens is 434 g/mol. The van der Waals surface area contributed by atoms with E-state index in [0.29, 0.717) is 12.0 Å². The molecule has 2 fully saturated rings. The van der Waals surface area contributed by atoms with Crippen LogP contribution < -0.4 is 4.74 Å². The highest BCUT2D eigenvalue weighted by atomic mass is 35.5. The van der Waals surface area contributed by atoms with Crippen molar-refractivity contribution in [3.8, 4) is 11.6 Å². The predicted octanol–water partition coefficient (Wildman–Crippen LogP) is 4.98. The first-order valence-corrected chi connectivity index (χ1v) is 12.7. The highest BCUT2D eigenvalue weighted by molar-refractivity contribution is 6.30. The Hall–Kier alpha value is -2.44. The number of nitrogens with zero attached hydrogens (tertiary/aromatic N) is 5. The van der Waals surface area contributed by atoms with Crippen molar-refractivity contribution in [2.24, 2.45) is 0 Å². The minimum Gasteiger partial charge on any atom is -0.474 e. The van der Waals surface area contributed by atoms with E-state index in [9.17, 15) is 0 Å². The molecule has 1 atom stereocenters. The highest BCUT2D eigenvalue weighted by Gasteiger charge is 2.33. The molecule has 2 aromatic heterocycles. The molecule has 0 amide bonds. The summed E-state index contributed by atoms with van der Waals surface area (Å²) < 4.78 is 8.47. The lowest BCUT2D eigenvalue weighted by Crippen LogP contribution is -2.36. The Morgan fingerprint density at radius 2 is 1.79 bits per heavy atom. The van der Waals surface area contributed by atoms with Gasteiger partial charge < -0.3 is 4.74 Å². The highest BCUT2D eigenvalue weighted by Crippen LogP contribution is 2.37. The van der Waals surface area contributed by atoms with E-state index in [1.807, 2.05) is 24.3 Å².